The van der Waals surface area contributed by atoms with Crippen LogP contribution in [0.25, 0.3) is 0 Å². The third-order valence-corrected chi connectivity index (χ3v) is 4.00. The molecule has 1 aliphatic heterocycles. The normalized spacial score (nSPS) is 15.6. The van der Waals surface area contributed by atoms with Gasteiger partial charge in [0.05, 0.1) is 19.8 Å². The van der Waals surface area contributed by atoms with E-state index in [9.17, 15) is 4.79 Å². The van der Waals surface area contributed by atoms with Crippen LogP contribution in [0.15, 0.2) is 36.8 Å². The Morgan fingerprint density at radius 3 is 2.96 bits per heavy atom. The molecule has 134 valence electrons. The van der Waals surface area contributed by atoms with E-state index in [0.717, 1.165) is 37.7 Å². The number of anilines is 1. The Morgan fingerprint density at radius 2 is 2.20 bits per heavy atom. The Hall–Kier alpha value is -2.61. The van der Waals surface area contributed by atoms with E-state index in [-0.39, 0.29) is 12.1 Å². The number of aromatic nitrogens is 3. The highest BCUT2D eigenvalue weighted by molar-refractivity contribution is 5.74. The van der Waals surface area contributed by atoms with Gasteiger partial charge in [-0.2, -0.15) is 5.10 Å². The zero-order valence-corrected chi connectivity index (χ0v) is 14.4. The predicted molar refractivity (Wildman–Crippen MR) is 94.3 cm³/mol. The van der Waals surface area contributed by atoms with Crippen LogP contribution in [0, 0.1) is 0 Å². The van der Waals surface area contributed by atoms with Gasteiger partial charge < -0.3 is 20.3 Å². The van der Waals surface area contributed by atoms with Crippen LogP contribution in [-0.2, 0) is 17.8 Å². The Balaban J connectivity index is 1.46. The van der Waals surface area contributed by atoms with Gasteiger partial charge in [0, 0.05) is 44.3 Å². The van der Waals surface area contributed by atoms with E-state index in [0.29, 0.717) is 13.1 Å². The van der Waals surface area contributed by atoms with Crippen molar-refractivity contribution in [2.75, 3.05) is 31.2 Å². The molecular weight excluding hydrogens is 320 g/mol. The van der Waals surface area contributed by atoms with E-state index < -0.39 is 0 Å². The smallest absolute Gasteiger partial charge is 0.315 e. The fourth-order valence-corrected chi connectivity index (χ4v) is 2.73. The van der Waals surface area contributed by atoms with Gasteiger partial charge in [-0.1, -0.05) is 0 Å². The lowest BCUT2D eigenvalue weighted by molar-refractivity contribution is 0.122. The second kappa shape index (κ2) is 8.48. The number of morpholine rings is 1. The van der Waals surface area contributed by atoms with Crippen molar-refractivity contribution in [2.45, 2.75) is 26.1 Å². The monoisotopic (exact) mass is 344 g/mol. The number of nitrogens with one attached hydrogen (secondary N) is 2. The molecule has 1 unspecified atom stereocenters. The zero-order chi connectivity index (χ0) is 17.5. The molecule has 1 fully saturated rings. The lowest BCUT2D eigenvalue weighted by Gasteiger charge is -2.28. The zero-order valence-electron chi connectivity index (χ0n) is 14.4. The molecule has 1 atom stereocenters. The maximum Gasteiger partial charge on any atom is 0.315 e. The summed E-state index contributed by atoms with van der Waals surface area (Å²) in [6.45, 7) is 6.17. The number of amides is 2. The number of pyridine rings is 1. The second-order valence-electron chi connectivity index (χ2n) is 6.08. The molecular formula is C17H24N6O2. The lowest BCUT2D eigenvalue weighted by atomic mass is 10.2. The summed E-state index contributed by atoms with van der Waals surface area (Å²) in [7, 11) is 0. The quantitative estimate of drug-likeness (QED) is 0.817. The number of hydrogen-bond donors (Lipinski definition) is 2. The van der Waals surface area contributed by atoms with Crippen molar-refractivity contribution < 1.29 is 9.53 Å². The summed E-state index contributed by atoms with van der Waals surface area (Å²) in [6.07, 6.45) is 5.38. The molecule has 3 rings (SSSR count). The minimum atomic E-state index is -0.190. The molecule has 2 aromatic rings. The van der Waals surface area contributed by atoms with Crippen molar-refractivity contribution in [3.8, 4) is 0 Å². The average Bonchev–Trinajstić information content (AvgIpc) is 3.14. The average molecular weight is 344 g/mol. The first-order valence-electron chi connectivity index (χ1n) is 8.50. The van der Waals surface area contributed by atoms with Crippen LogP contribution in [0.5, 0.6) is 0 Å². The van der Waals surface area contributed by atoms with Crippen LogP contribution in [0.2, 0.25) is 0 Å². The van der Waals surface area contributed by atoms with Crippen molar-refractivity contribution in [3.05, 3.63) is 42.4 Å². The number of ether oxygens (including phenoxy) is 1. The topological polar surface area (TPSA) is 84.3 Å². The highest BCUT2D eigenvalue weighted by atomic mass is 16.5. The molecule has 0 radical (unpaired) electrons. The summed E-state index contributed by atoms with van der Waals surface area (Å²) >= 11 is 0. The molecule has 0 bridgehead atoms. The molecule has 0 aromatic carbocycles. The molecule has 8 nitrogen and oxygen atoms in total. The maximum atomic E-state index is 12.0. The SMILES string of the molecule is CC(Cn1cccn1)NC(=O)NCc1ccnc(N2CCOCC2)c1. The number of urea groups is 1. The molecule has 8 heteroatoms. The van der Waals surface area contributed by atoms with Crippen molar-refractivity contribution >= 4 is 11.8 Å². The third-order valence-electron chi connectivity index (χ3n) is 4.00. The Kier molecular flexibility index (Phi) is 5.84. The summed E-state index contributed by atoms with van der Waals surface area (Å²) in [5.74, 6) is 0.926. The Morgan fingerprint density at radius 1 is 1.36 bits per heavy atom. The first-order chi connectivity index (χ1) is 12.2. The third kappa shape index (κ3) is 5.18. The molecule has 2 N–H and O–H groups in total. The Labute approximate surface area is 147 Å². The van der Waals surface area contributed by atoms with Crippen LogP contribution in [-0.4, -0.2) is 53.1 Å². The number of carbonyl (C=O) groups is 1. The van der Waals surface area contributed by atoms with E-state index >= 15 is 0 Å². The standard InChI is InChI=1S/C17H24N6O2/c1-14(13-23-6-2-4-20-23)21-17(24)19-12-15-3-5-18-16(11-15)22-7-9-25-10-8-22/h2-6,11,14H,7-10,12-13H2,1H3,(H2,19,21,24). The first-order valence-corrected chi connectivity index (χ1v) is 8.50. The molecule has 0 aliphatic carbocycles. The fraction of sp³-hybridized carbons (Fsp3) is 0.471. The molecule has 2 aromatic heterocycles. The predicted octanol–water partition coefficient (Wildman–Crippen LogP) is 1.00. The minimum absolute atomic E-state index is 0.0127. The van der Waals surface area contributed by atoms with E-state index in [2.05, 4.69) is 25.6 Å². The molecule has 0 saturated carbocycles. The van der Waals surface area contributed by atoms with Crippen LogP contribution in [0.4, 0.5) is 10.6 Å². The number of nitrogens with zero attached hydrogens (tertiary/aromatic N) is 4. The van der Waals surface area contributed by atoms with Crippen LogP contribution in [0.3, 0.4) is 0 Å². The first kappa shape index (κ1) is 17.2. The highest BCUT2D eigenvalue weighted by Crippen LogP contribution is 2.14. The summed E-state index contributed by atoms with van der Waals surface area (Å²) in [6, 6.07) is 5.59. The van der Waals surface area contributed by atoms with Crippen LogP contribution < -0.4 is 15.5 Å². The molecule has 1 aliphatic rings. The van der Waals surface area contributed by atoms with Crippen molar-refractivity contribution in [1.29, 1.82) is 0 Å². The van der Waals surface area contributed by atoms with Gasteiger partial charge in [-0.25, -0.2) is 9.78 Å². The summed E-state index contributed by atoms with van der Waals surface area (Å²) < 4.78 is 7.16. The number of carbonyl (C=O) groups excluding carboxylic acids is 1. The molecule has 3 heterocycles. The van der Waals surface area contributed by atoms with E-state index in [1.807, 2.05) is 31.3 Å². The van der Waals surface area contributed by atoms with E-state index in [1.165, 1.54) is 0 Å². The molecule has 2 amide bonds. The highest BCUT2D eigenvalue weighted by Gasteiger charge is 2.13. The summed E-state index contributed by atoms with van der Waals surface area (Å²) in [5, 5.41) is 9.94. The maximum absolute atomic E-state index is 12.0. The fourth-order valence-electron chi connectivity index (χ4n) is 2.73. The van der Waals surface area contributed by atoms with Gasteiger partial charge in [-0.15, -0.1) is 0 Å². The minimum Gasteiger partial charge on any atom is -0.378 e. The van der Waals surface area contributed by atoms with Crippen molar-refractivity contribution in [3.63, 3.8) is 0 Å². The molecule has 25 heavy (non-hydrogen) atoms. The van der Waals surface area contributed by atoms with Gasteiger partial charge in [0.25, 0.3) is 0 Å². The van der Waals surface area contributed by atoms with Crippen LogP contribution in [0.1, 0.15) is 12.5 Å². The second-order valence-corrected chi connectivity index (χ2v) is 6.08. The lowest BCUT2D eigenvalue weighted by Crippen LogP contribution is -2.42. The van der Waals surface area contributed by atoms with Gasteiger partial charge in [0.2, 0.25) is 0 Å². The van der Waals surface area contributed by atoms with Gasteiger partial charge in [-0.05, 0) is 30.7 Å². The van der Waals surface area contributed by atoms with Crippen molar-refractivity contribution in [2.24, 2.45) is 0 Å². The number of rotatable bonds is 6. The van der Waals surface area contributed by atoms with Crippen molar-refractivity contribution in [1.82, 2.24) is 25.4 Å². The number of hydrogen-bond acceptors (Lipinski definition) is 5. The molecule has 1 saturated heterocycles. The van der Waals surface area contributed by atoms with Crippen LogP contribution >= 0.6 is 0 Å². The Bertz CT molecular complexity index is 670. The summed E-state index contributed by atoms with van der Waals surface area (Å²) in [5.41, 5.74) is 1.02. The van der Waals surface area contributed by atoms with Gasteiger partial charge in [0.15, 0.2) is 0 Å². The van der Waals surface area contributed by atoms with E-state index in [4.69, 9.17) is 4.74 Å². The van der Waals surface area contributed by atoms with Gasteiger partial charge in [0.1, 0.15) is 5.82 Å². The van der Waals surface area contributed by atoms with E-state index in [1.54, 1.807) is 17.1 Å². The van der Waals surface area contributed by atoms with Gasteiger partial charge in [-0.3, -0.25) is 4.68 Å². The van der Waals surface area contributed by atoms with Gasteiger partial charge >= 0.3 is 6.03 Å². The molecule has 0 spiro atoms. The summed E-state index contributed by atoms with van der Waals surface area (Å²) in [4.78, 5) is 18.7. The largest absolute Gasteiger partial charge is 0.378 e.